The van der Waals surface area contributed by atoms with Crippen molar-refractivity contribution in [2.75, 3.05) is 0 Å². The standard InChI is InChI=1S/C17H14O/c1-2-7-14-10-6-11-15-12-16(18-17(14)15)13-8-4-3-5-9-13/h2-6,8-12H,1,7H2. The molecule has 0 unspecified atom stereocenters. The fourth-order valence-corrected chi connectivity index (χ4v) is 2.18. The molecule has 3 rings (SSSR count). The summed E-state index contributed by atoms with van der Waals surface area (Å²) >= 11 is 0. The minimum Gasteiger partial charge on any atom is -0.456 e. The molecule has 2 aromatic carbocycles. The first-order chi connectivity index (χ1) is 8.88. The average molecular weight is 234 g/mol. The van der Waals surface area contributed by atoms with Crippen molar-refractivity contribution in [2.45, 2.75) is 6.42 Å². The van der Waals surface area contributed by atoms with Crippen LogP contribution in [0, 0.1) is 0 Å². The molecule has 1 aromatic heterocycles. The van der Waals surface area contributed by atoms with Gasteiger partial charge in [0.05, 0.1) is 0 Å². The van der Waals surface area contributed by atoms with Gasteiger partial charge in [0.2, 0.25) is 0 Å². The van der Waals surface area contributed by atoms with E-state index in [4.69, 9.17) is 4.42 Å². The number of furan rings is 1. The molecule has 0 saturated heterocycles. The Balaban J connectivity index is 2.17. The lowest BCUT2D eigenvalue weighted by atomic mass is 10.1. The van der Waals surface area contributed by atoms with Gasteiger partial charge in [-0.3, -0.25) is 0 Å². The van der Waals surface area contributed by atoms with Crippen LogP contribution in [-0.2, 0) is 6.42 Å². The topological polar surface area (TPSA) is 13.1 Å². The molecule has 18 heavy (non-hydrogen) atoms. The maximum absolute atomic E-state index is 5.99. The van der Waals surface area contributed by atoms with Crippen LogP contribution in [0.1, 0.15) is 5.56 Å². The lowest BCUT2D eigenvalue weighted by Gasteiger charge is -1.97. The second-order valence-corrected chi connectivity index (χ2v) is 4.30. The van der Waals surface area contributed by atoms with Gasteiger partial charge in [-0.15, -0.1) is 6.58 Å². The second kappa shape index (κ2) is 4.53. The van der Waals surface area contributed by atoms with Gasteiger partial charge in [-0.25, -0.2) is 0 Å². The van der Waals surface area contributed by atoms with Crippen LogP contribution < -0.4 is 0 Å². The van der Waals surface area contributed by atoms with Crippen LogP contribution >= 0.6 is 0 Å². The zero-order valence-corrected chi connectivity index (χ0v) is 10.1. The molecule has 0 N–H and O–H groups in total. The van der Waals surface area contributed by atoms with Crippen LogP contribution in [0.25, 0.3) is 22.3 Å². The van der Waals surface area contributed by atoms with Crippen molar-refractivity contribution < 1.29 is 4.42 Å². The van der Waals surface area contributed by atoms with E-state index in [0.717, 1.165) is 28.7 Å². The summed E-state index contributed by atoms with van der Waals surface area (Å²) in [4.78, 5) is 0. The molecule has 0 radical (unpaired) electrons. The molecule has 3 aromatic rings. The van der Waals surface area contributed by atoms with E-state index in [2.05, 4.69) is 43.0 Å². The Kier molecular flexibility index (Phi) is 2.73. The Morgan fingerprint density at radius 3 is 2.61 bits per heavy atom. The van der Waals surface area contributed by atoms with Crippen molar-refractivity contribution in [2.24, 2.45) is 0 Å². The number of hydrogen-bond acceptors (Lipinski definition) is 1. The SMILES string of the molecule is C=CCc1cccc2cc(-c3ccccc3)oc12. The van der Waals surface area contributed by atoms with E-state index < -0.39 is 0 Å². The van der Waals surface area contributed by atoms with Gasteiger partial charge in [-0.05, 0) is 18.1 Å². The molecular formula is C17H14O. The van der Waals surface area contributed by atoms with Gasteiger partial charge >= 0.3 is 0 Å². The Labute approximate surface area is 106 Å². The summed E-state index contributed by atoms with van der Waals surface area (Å²) in [6.07, 6.45) is 2.73. The molecule has 0 spiro atoms. The monoisotopic (exact) mass is 234 g/mol. The summed E-state index contributed by atoms with van der Waals surface area (Å²) in [5, 5.41) is 1.15. The summed E-state index contributed by atoms with van der Waals surface area (Å²) in [6, 6.07) is 18.5. The minimum absolute atomic E-state index is 0.832. The maximum atomic E-state index is 5.99. The first kappa shape index (κ1) is 10.8. The molecule has 1 nitrogen and oxygen atoms in total. The fraction of sp³-hybridized carbons (Fsp3) is 0.0588. The Morgan fingerprint density at radius 2 is 1.83 bits per heavy atom. The molecule has 0 amide bonds. The number of fused-ring (bicyclic) bond motifs is 1. The first-order valence-corrected chi connectivity index (χ1v) is 6.06. The van der Waals surface area contributed by atoms with Crippen LogP contribution in [0.4, 0.5) is 0 Å². The summed E-state index contributed by atoms with van der Waals surface area (Å²) in [5.74, 6) is 0.919. The lowest BCUT2D eigenvalue weighted by Crippen LogP contribution is -1.79. The second-order valence-electron chi connectivity index (χ2n) is 4.30. The molecule has 1 heterocycles. The first-order valence-electron chi connectivity index (χ1n) is 6.06. The van der Waals surface area contributed by atoms with Crippen LogP contribution in [0.15, 0.2) is 71.7 Å². The van der Waals surface area contributed by atoms with Crippen molar-refractivity contribution in [1.29, 1.82) is 0 Å². The summed E-state index contributed by atoms with van der Waals surface area (Å²) in [5.41, 5.74) is 3.26. The number of allylic oxidation sites excluding steroid dienone is 1. The smallest absolute Gasteiger partial charge is 0.138 e. The van der Waals surface area contributed by atoms with Crippen LogP contribution in [0.5, 0.6) is 0 Å². The molecule has 0 aliphatic carbocycles. The van der Waals surface area contributed by atoms with Gasteiger partial charge in [0, 0.05) is 10.9 Å². The number of rotatable bonds is 3. The van der Waals surface area contributed by atoms with Gasteiger partial charge in [-0.1, -0.05) is 54.6 Å². The third kappa shape index (κ3) is 1.84. The average Bonchev–Trinajstić information content (AvgIpc) is 2.85. The molecule has 1 heteroatoms. The van der Waals surface area contributed by atoms with Crippen molar-refractivity contribution in [3.63, 3.8) is 0 Å². The molecule has 0 saturated carbocycles. The quantitative estimate of drug-likeness (QED) is 0.592. The summed E-state index contributed by atoms with van der Waals surface area (Å²) < 4.78 is 5.99. The molecule has 0 aliphatic rings. The Morgan fingerprint density at radius 1 is 1.00 bits per heavy atom. The fourth-order valence-electron chi connectivity index (χ4n) is 2.18. The Bertz CT molecular complexity index is 677. The van der Waals surface area contributed by atoms with E-state index in [1.807, 2.05) is 24.3 Å². The van der Waals surface area contributed by atoms with Gasteiger partial charge in [-0.2, -0.15) is 0 Å². The summed E-state index contributed by atoms with van der Waals surface area (Å²) in [7, 11) is 0. The van der Waals surface area contributed by atoms with Crippen molar-refractivity contribution in [3.05, 3.63) is 72.8 Å². The van der Waals surface area contributed by atoms with Crippen LogP contribution in [0.2, 0.25) is 0 Å². The highest BCUT2D eigenvalue weighted by atomic mass is 16.3. The predicted molar refractivity (Wildman–Crippen MR) is 75.6 cm³/mol. The van der Waals surface area contributed by atoms with Crippen molar-refractivity contribution in [3.8, 4) is 11.3 Å². The minimum atomic E-state index is 0.832. The number of benzene rings is 2. The molecule has 0 atom stereocenters. The van der Waals surface area contributed by atoms with Crippen LogP contribution in [-0.4, -0.2) is 0 Å². The highest BCUT2D eigenvalue weighted by Gasteiger charge is 2.08. The normalized spacial score (nSPS) is 10.7. The molecule has 0 bridgehead atoms. The van der Waals surface area contributed by atoms with Crippen molar-refractivity contribution in [1.82, 2.24) is 0 Å². The Hall–Kier alpha value is -2.28. The zero-order chi connectivity index (χ0) is 12.4. The number of hydrogen-bond donors (Lipinski definition) is 0. The van der Waals surface area contributed by atoms with Gasteiger partial charge in [0.25, 0.3) is 0 Å². The van der Waals surface area contributed by atoms with Gasteiger partial charge in [0.15, 0.2) is 0 Å². The van der Waals surface area contributed by atoms with E-state index >= 15 is 0 Å². The van der Waals surface area contributed by atoms with E-state index in [1.165, 1.54) is 5.56 Å². The van der Waals surface area contributed by atoms with E-state index in [1.54, 1.807) is 0 Å². The lowest BCUT2D eigenvalue weighted by molar-refractivity contribution is 0.628. The third-order valence-corrected chi connectivity index (χ3v) is 3.05. The molecule has 88 valence electrons. The van der Waals surface area contributed by atoms with Gasteiger partial charge < -0.3 is 4.42 Å². The highest BCUT2D eigenvalue weighted by molar-refractivity contribution is 5.85. The molecular weight excluding hydrogens is 220 g/mol. The zero-order valence-electron chi connectivity index (χ0n) is 10.1. The van der Waals surface area contributed by atoms with Crippen LogP contribution in [0.3, 0.4) is 0 Å². The van der Waals surface area contributed by atoms with E-state index in [0.29, 0.717) is 0 Å². The predicted octanol–water partition coefficient (Wildman–Crippen LogP) is 4.83. The highest BCUT2D eigenvalue weighted by Crippen LogP contribution is 2.29. The number of para-hydroxylation sites is 1. The molecule has 0 aliphatic heterocycles. The maximum Gasteiger partial charge on any atom is 0.138 e. The third-order valence-electron chi connectivity index (χ3n) is 3.05. The molecule has 0 fully saturated rings. The summed E-state index contributed by atoms with van der Waals surface area (Å²) in [6.45, 7) is 3.79. The largest absolute Gasteiger partial charge is 0.456 e. The van der Waals surface area contributed by atoms with Gasteiger partial charge in [0.1, 0.15) is 11.3 Å². The van der Waals surface area contributed by atoms with Crippen molar-refractivity contribution >= 4 is 11.0 Å². The van der Waals surface area contributed by atoms with E-state index in [9.17, 15) is 0 Å². The van der Waals surface area contributed by atoms with E-state index in [-0.39, 0.29) is 0 Å².